The van der Waals surface area contributed by atoms with E-state index in [9.17, 15) is 4.39 Å². The highest BCUT2D eigenvalue weighted by atomic mass is 19.1. The van der Waals surface area contributed by atoms with Gasteiger partial charge in [-0.3, -0.25) is 4.68 Å². The number of rotatable bonds is 4. The zero-order valence-corrected chi connectivity index (χ0v) is 10.9. The molecule has 1 atom stereocenters. The van der Waals surface area contributed by atoms with E-state index in [1.807, 2.05) is 39.2 Å². The average Bonchev–Trinajstić information content (AvgIpc) is 2.73. The molecule has 0 saturated heterocycles. The summed E-state index contributed by atoms with van der Waals surface area (Å²) in [5, 5.41) is 7.44. The lowest BCUT2D eigenvalue weighted by Crippen LogP contribution is -2.22. The number of nitrogens with one attached hydrogen (secondary N) is 1. The molecule has 0 radical (unpaired) electrons. The Morgan fingerprint density at radius 2 is 2.22 bits per heavy atom. The Kier molecular flexibility index (Phi) is 3.77. The van der Waals surface area contributed by atoms with Crippen molar-refractivity contribution in [3.05, 3.63) is 53.1 Å². The Labute approximate surface area is 107 Å². The van der Waals surface area contributed by atoms with Gasteiger partial charge in [0.15, 0.2) is 0 Å². The molecule has 2 aromatic rings. The molecular formula is C14H18FN3. The largest absolute Gasteiger partial charge is 0.306 e. The third kappa shape index (κ3) is 2.59. The van der Waals surface area contributed by atoms with E-state index >= 15 is 0 Å². The van der Waals surface area contributed by atoms with Crippen LogP contribution >= 0.6 is 0 Å². The minimum atomic E-state index is -0.176. The van der Waals surface area contributed by atoms with Gasteiger partial charge in [0.05, 0.1) is 12.2 Å². The van der Waals surface area contributed by atoms with Gasteiger partial charge in [-0.25, -0.2) is 4.39 Å². The van der Waals surface area contributed by atoms with Crippen molar-refractivity contribution in [2.24, 2.45) is 7.05 Å². The number of aromatic nitrogens is 2. The average molecular weight is 247 g/mol. The Bertz CT molecular complexity index is 534. The molecule has 1 unspecified atom stereocenters. The van der Waals surface area contributed by atoms with Crippen molar-refractivity contribution in [3.63, 3.8) is 0 Å². The van der Waals surface area contributed by atoms with E-state index in [2.05, 4.69) is 10.4 Å². The zero-order valence-electron chi connectivity index (χ0n) is 10.9. The molecule has 0 amide bonds. The summed E-state index contributed by atoms with van der Waals surface area (Å²) in [5.74, 6) is -0.176. The molecule has 0 aliphatic heterocycles. The van der Waals surface area contributed by atoms with Gasteiger partial charge in [-0.1, -0.05) is 19.1 Å². The first kappa shape index (κ1) is 12.8. The van der Waals surface area contributed by atoms with Gasteiger partial charge in [0.2, 0.25) is 0 Å². The summed E-state index contributed by atoms with van der Waals surface area (Å²) in [6.07, 6.45) is 3.68. The van der Waals surface area contributed by atoms with E-state index in [4.69, 9.17) is 0 Å². The Morgan fingerprint density at radius 1 is 1.44 bits per heavy atom. The first-order chi connectivity index (χ1) is 8.61. The summed E-state index contributed by atoms with van der Waals surface area (Å²) in [7, 11) is 1.86. The normalized spacial score (nSPS) is 12.7. The van der Waals surface area contributed by atoms with Gasteiger partial charge in [-0.15, -0.1) is 0 Å². The topological polar surface area (TPSA) is 29.9 Å². The van der Waals surface area contributed by atoms with E-state index < -0.39 is 0 Å². The lowest BCUT2D eigenvalue weighted by molar-refractivity contribution is 0.558. The Morgan fingerprint density at radius 3 is 2.78 bits per heavy atom. The number of aryl methyl sites for hydroxylation is 2. The fourth-order valence-corrected chi connectivity index (χ4v) is 2.07. The van der Waals surface area contributed by atoms with Crippen LogP contribution in [0, 0.1) is 12.7 Å². The molecule has 2 rings (SSSR count). The molecule has 4 heteroatoms. The van der Waals surface area contributed by atoms with E-state index in [0.29, 0.717) is 5.56 Å². The number of nitrogens with zero attached hydrogens (tertiary/aromatic N) is 2. The summed E-state index contributed by atoms with van der Waals surface area (Å²) in [6.45, 7) is 4.67. The molecule has 18 heavy (non-hydrogen) atoms. The van der Waals surface area contributed by atoms with Crippen LogP contribution < -0.4 is 5.32 Å². The minimum Gasteiger partial charge on any atom is -0.306 e. The molecule has 0 aliphatic carbocycles. The van der Waals surface area contributed by atoms with Crippen molar-refractivity contribution >= 4 is 0 Å². The second kappa shape index (κ2) is 5.31. The zero-order chi connectivity index (χ0) is 13.1. The molecule has 0 saturated carbocycles. The summed E-state index contributed by atoms with van der Waals surface area (Å²) >= 11 is 0. The smallest absolute Gasteiger partial charge is 0.128 e. The monoisotopic (exact) mass is 247 g/mol. The van der Waals surface area contributed by atoms with Gasteiger partial charge in [-0.05, 0) is 25.1 Å². The van der Waals surface area contributed by atoms with Crippen LogP contribution in [0.1, 0.15) is 29.7 Å². The summed E-state index contributed by atoms with van der Waals surface area (Å²) in [4.78, 5) is 0. The van der Waals surface area contributed by atoms with Crippen molar-refractivity contribution in [2.45, 2.75) is 19.9 Å². The van der Waals surface area contributed by atoms with Crippen molar-refractivity contribution in [2.75, 3.05) is 6.54 Å². The standard InChI is InChI=1S/C14H18FN3/c1-4-16-14(11-8-17-18(3)9-11)12-6-5-10(2)7-13(12)15/h5-9,14,16H,4H2,1-3H3. The van der Waals surface area contributed by atoms with Crippen molar-refractivity contribution < 1.29 is 4.39 Å². The number of hydrogen-bond acceptors (Lipinski definition) is 2. The number of halogens is 1. The van der Waals surface area contributed by atoms with E-state index in [1.165, 1.54) is 0 Å². The molecule has 1 aromatic carbocycles. The van der Waals surface area contributed by atoms with Gasteiger partial charge in [0, 0.05) is 24.4 Å². The quantitative estimate of drug-likeness (QED) is 0.900. The van der Waals surface area contributed by atoms with Gasteiger partial charge in [-0.2, -0.15) is 5.10 Å². The molecule has 1 aromatic heterocycles. The third-order valence-electron chi connectivity index (χ3n) is 2.93. The van der Waals surface area contributed by atoms with Gasteiger partial charge >= 0.3 is 0 Å². The van der Waals surface area contributed by atoms with Crippen LogP contribution in [0.5, 0.6) is 0 Å². The SMILES string of the molecule is CCNC(c1cnn(C)c1)c1ccc(C)cc1F. The van der Waals surface area contributed by atoms with Crippen molar-refractivity contribution in [1.82, 2.24) is 15.1 Å². The predicted octanol–water partition coefficient (Wildman–Crippen LogP) is 2.57. The third-order valence-corrected chi connectivity index (χ3v) is 2.93. The molecule has 0 aliphatic rings. The maximum atomic E-state index is 14.0. The van der Waals surface area contributed by atoms with Crippen LogP contribution in [0.15, 0.2) is 30.6 Å². The van der Waals surface area contributed by atoms with Crippen LogP contribution in [-0.4, -0.2) is 16.3 Å². The van der Waals surface area contributed by atoms with Gasteiger partial charge in [0.1, 0.15) is 5.82 Å². The van der Waals surface area contributed by atoms with Crippen LogP contribution in [0.2, 0.25) is 0 Å². The number of hydrogen-bond donors (Lipinski definition) is 1. The molecule has 0 bridgehead atoms. The van der Waals surface area contributed by atoms with Crippen LogP contribution in [0.4, 0.5) is 4.39 Å². The van der Waals surface area contributed by atoms with Crippen molar-refractivity contribution in [1.29, 1.82) is 0 Å². The fraction of sp³-hybridized carbons (Fsp3) is 0.357. The maximum Gasteiger partial charge on any atom is 0.128 e. The van der Waals surface area contributed by atoms with Crippen LogP contribution in [0.3, 0.4) is 0 Å². The lowest BCUT2D eigenvalue weighted by atomic mass is 9.99. The summed E-state index contributed by atoms with van der Waals surface area (Å²) in [6, 6.07) is 5.18. The molecule has 96 valence electrons. The second-order valence-electron chi connectivity index (χ2n) is 4.46. The molecule has 1 N–H and O–H groups in total. The maximum absolute atomic E-state index is 14.0. The van der Waals surface area contributed by atoms with Gasteiger partial charge in [0.25, 0.3) is 0 Å². The molecule has 1 heterocycles. The van der Waals surface area contributed by atoms with Crippen molar-refractivity contribution in [3.8, 4) is 0 Å². The molecule has 3 nitrogen and oxygen atoms in total. The van der Waals surface area contributed by atoms with E-state index in [-0.39, 0.29) is 11.9 Å². The molecule has 0 spiro atoms. The van der Waals surface area contributed by atoms with Crippen LogP contribution in [-0.2, 0) is 7.05 Å². The Balaban J connectivity index is 2.41. The fourth-order valence-electron chi connectivity index (χ4n) is 2.07. The van der Waals surface area contributed by atoms with Crippen LogP contribution in [0.25, 0.3) is 0 Å². The molecule has 0 fully saturated rings. The minimum absolute atomic E-state index is 0.149. The highest BCUT2D eigenvalue weighted by Gasteiger charge is 2.18. The predicted molar refractivity (Wildman–Crippen MR) is 69.9 cm³/mol. The highest BCUT2D eigenvalue weighted by Crippen LogP contribution is 2.24. The Hall–Kier alpha value is -1.68. The highest BCUT2D eigenvalue weighted by molar-refractivity contribution is 5.32. The first-order valence-electron chi connectivity index (χ1n) is 6.09. The first-order valence-corrected chi connectivity index (χ1v) is 6.09. The molecular weight excluding hydrogens is 229 g/mol. The summed E-state index contributed by atoms with van der Waals surface area (Å²) < 4.78 is 15.8. The second-order valence-corrected chi connectivity index (χ2v) is 4.46. The van der Waals surface area contributed by atoms with E-state index in [1.54, 1.807) is 16.9 Å². The summed E-state index contributed by atoms with van der Waals surface area (Å²) in [5.41, 5.74) is 2.57. The lowest BCUT2D eigenvalue weighted by Gasteiger charge is -2.17. The van der Waals surface area contributed by atoms with E-state index in [0.717, 1.165) is 17.7 Å². The number of benzene rings is 1. The van der Waals surface area contributed by atoms with Gasteiger partial charge < -0.3 is 5.32 Å².